The normalized spacial score (nSPS) is 18.0. The topological polar surface area (TPSA) is 43.4 Å². The fourth-order valence-electron chi connectivity index (χ4n) is 2.51. The van der Waals surface area contributed by atoms with Gasteiger partial charge in [0.2, 0.25) is 0 Å². The van der Waals surface area contributed by atoms with Crippen molar-refractivity contribution in [2.75, 3.05) is 0 Å². The van der Waals surface area contributed by atoms with Gasteiger partial charge in [-0.1, -0.05) is 59.6 Å². The number of hydrogen-bond acceptors (Lipinski definition) is 3. The standard InChI is InChI=1S/C19H12Cl2O3/c1-11(12-6-3-2-4-7-12)17-14(18(22)24-19(17)23)10-13-15(20)8-5-9-16(13)21/h2-10H,1H3/b14-10-,17-11+. The second kappa shape index (κ2) is 6.63. The van der Waals surface area contributed by atoms with E-state index in [0.29, 0.717) is 21.2 Å². The molecule has 120 valence electrons. The van der Waals surface area contributed by atoms with E-state index in [1.165, 1.54) is 6.08 Å². The van der Waals surface area contributed by atoms with E-state index in [1.54, 1.807) is 25.1 Å². The highest BCUT2D eigenvalue weighted by Crippen LogP contribution is 2.34. The minimum atomic E-state index is -0.707. The fraction of sp³-hybridized carbons (Fsp3) is 0.0526. The van der Waals surface area contributed by atoms with E-state index >= 15 is 0 Å². The molecule has 3 nitrogen and oxygen atoms in total. The number of halogens is 2. The van der Waals surface area contributed by atoms with Crippen molar-refractivity contribution in [2.24, 2.45) is 0 Å². The van der Waals surface area contributed by atoms with Gasteiger partial charge in [0.15, 0.2) is 0 Å². The van der Waals surface area contributed by atoms with Gasteiger partial charge in [-0.3, -0.25) is 0 Å². The molecule has 24 heavy (non-hydrogen) atoms. The van der Waals surface area contributed by atoms with Gasteiger partial charge in [-0.2, -0.15) is 0 Å². The van der Waals surface area contributed by atoms with Crippen molar-refractivity contribution >= 4 is 46.8 Å². The summed E-state index contributed by atoms with van der Waals surface area (Å²) >= 11 is 12.3. The van der Waals surface area contributed by atoms with E-state index in [0.717, 1.165) is 5.56 Å². The predicted molar refractivity (Wildman–Crippen MR) is 94.6 cm³/mol. The first-order chi connectivity index (χ1) is 11.5. The number of cyclic esters (lactones) is 2. The zero-order valence-corrected chi connectivity index (χ0v) is 14.2. The third-order valence-electron chi connectivity index (χ3n) is 3.75. The monoisotopic (exact) mass is 358 g/mol. The van der Waals surface area contributed by atoms with Crippen molar-refractivity contribution in [3.8, 4) is 0 Å². The summed E-state index contributed by atoms with van der Waals surface area (Å²) in [7, 11) is 0. The SMILES string of the molecule is C/C(=C1\C(=O)OC(=O)\C1=C/c1c(Cl)cccc1Cl)c1ccccc1. The lowest BCUT2D eigenvalue weighted by Crippen LogP contribution is -1.98. The number of hydrogen-bond donors (Lipinski definition) is 0. The smallest absolute Gasteiger partial charge is 0.347 e. The van der Waals surface area contributed by atoms with Gasteiger partial charge >= 0.3 is 11.9 Å². The van der Waals surface area contributed by atoms with Gasteiger partial charge in [-0.15, -0.1) is 0 Å². The van der Waals surface area contributed by atoms with Crippen LogP contribution in [0.25, 0.3) is 11.6 Å². The molecule has 0 aromatic heterocycles. The quantitative estimate of drug-likeness (QED) is 0.434. The molecule has 0 radical (unpaired) electrons. The van der Waals surface area contributed by atoms with Gasteiger partial charge in [-0.25, -0.2) is 9.59 Å². The maximum Gasteiger partial charge on any atom is 0.347 e. The summed E-state index contributed by atoms with van der Waals surface area (Å²) in [6.07, 6.45) is 1.50. The molecule has 0 unspecified atom stereocenters. The van der Waals surface area contributed by atoms with Gasteiger partial charge in [0, 0.05) is 15.6 Å². The zero-order chi connectivity index (χ0) is 17.3. The first-order valence-electron chi connectivity index (χ1n) is 7.18. The summed E-state index contributed by atoms with van der Waals surface area (Å²) in [6.45, 7) is 1.77. The molecule has 1 saturated heterocycles. The second-order valence-corrected chi connectivity index (χ2v) is 6.05. The van der Waals surface area contributed by atoms with Crippen LogP contribution in [0.3, 0.4) is 0 Å². The largest absolute Gasteiger partial charge is 0.386 e. The van der Waals surface area contributed by atoms with Gasteiger partial charge in [0.05, 0.1) is 11.1 Å². The van der Waals surface area contributed by atoms with E-state index in [2.05, 4.69) is 0 Å². The van der Waals surface area contributed by atoms with E-state index < -0.39 is 11.9 Å². The number of rotatable bonds is 2. The van der Waals surface area contributed by atoms with Crippen LogP contribution >= 0.6 is 23.2 Å². The first-order valence-corrected chi connectivity index (χ1v) is 7.93. The average molecular weight is 359 g/mol. The summed E-state index contributed by atoms with van der Waals surface area (Å²) in [4.78, 5) is 24.3. The Labute approximate surface area is 149 Å². The van der Waals surface area contributed by atoms with Crippen LogP contribution in [0, 0.1) is 0 Å². The lowest BCUT2D eigenvalue weighted by atomic mass is 9.96. The molecule has 0 aliphatic carbocycles. The van der Waals surface area contributed by atoms with Crippen molar-refractivity contribution in [1.82, 2.24) is 0 Å². The Hall–Kier alpha value is -2.36. The summed E-state index contributed by atoms with van der Waals surface area (Å²) in [6, 6.07) is 14.3. The van der Waals surface area contributed by atoms with Crippen LogP contribution in [0.1, 0.15) is 18.1 Å². The summed E-state index contributed by atoms with van der Waals surface area (Å²) in [5, 5.41) is 0.776. The first kappa shape index (κ1) is 16.5. The van der Waals surface area contributed by atoms with Crippen LogP contribution < -0.4 is 0 Å². The molecule has 3 rings (SSSR count). The molecule has 0 bridgehead atoms. The van der Waals surface area contributed by atoms with Crippen LogP contribution in [0.15, 0.2) is 59.7 Å². The Morgan fingerprint density at radius 1 is 0.917 bits per heavy atom. The molecule has 1 heterocycles. The summed E-state index contributed by atoms with van der Waals surface area (Å²) in [5.41, 5.74) is 2.33. The van der Waals surface area contributed by atoms with Crippen LogP contribution in [-0.4, -0.2) is 11.9 Å². The Morgan fingerprint density at radius 2 is 1.54 bits per heavy atom. The number of esters is 2. The Bertz CT molecular complexity index is 876. The van der Waals surface area contributed by atoms with Crippen LogP contribution in [0.4, 0.5) is 0 Å². The van der Waals surface area contributed by atoms with Crippen molar-refractivity contribution in [1.29, 1.82) is 0 Å². The lowest BCUT2D eigenvalue weighted by Gasteiger charge is -2.06. The zero-order valence-electron chi connectivity index (χ0n) is 12.7. The summed E-state index contributed by atoms with van der Waals surface area (Å²) in [5.74, 6) is -1.38. The molecule has 2 aromatic carbocycles. The highest BCUT2D eigenvalue weighted by atomic mass is 35.5. The fourth-order valence-corrected chi connectivity index (χ4v) is 3.02. The Morgan fingerprint density at radius 3 is 2.17 bits per heavy atom. The van der Waals surface area contributed by atoms with E-state index in [1.807, 2.05) is 30.3 Å². The molecule has 1 aliphatic rings. The van der Waals surface area contributed by atoms with Gasteiger partial charge in [0.1, 0.15) is 0 Å². The highest BCUT2D eigenvalue weighted by Gasteiger charge is 2.35. The molecule has 2 aromatic rings. The van der Waals surface area contributed by atoms with Crippen LogP contribution in [0.5, 0.6) is 0 Å². The van der Waals surface area contributed by atoms with Crippen molar-refractivity contribution < 1.29 is 14.3 Å². The number of benzene rings is 2. The molecule has 1 fully saturated rings. The third kappa shape index (κ3) is 3.01. The van der Waals surface area contributed by atoms with Crippen molar-refractivity contribution in [3.05, 3.63) is 80.8 Å². The van der Waals surface area contributed by atoms with E-state index in [9.17, 15) is 9.59 Å². The lowest BCUT2D eigenvalue weighted by molar-refractivity contribution is -0.149. The molecule has 0 spiro atoms. The van der Waals surface area contributed by atoms with Gasteiger partial charge in [-0.05, 0) is 36.3 Å². The maximum atomic E-state index is 12.2. The highest BCUT2D eigenvalue weighted by molar-refractivity contribution is 6.37. The summed E-state index contributed by atoms with van der Waals surface area (Å²) < 4.78 is 4.79. The minimum absolute atomic E-state index is 0.149. The number of carbonyl (C=O) groups excluding carboxylic acids is 2. The molecule has 0 amide bonds. The van der Waals surface area contributed by atoms with E-state index in [-0.39, 0.29) is 11.1 Å². The Balaban J connectivity index is 2.20. The average Bonchev–Trinajstić information content (AvgIpc) is 2.85. The van der Waals surface area contributed by atoms with Crippen molar-refractivity contribution in [2.45, 2.75) is 6.92 Å². The van der Waals surface area contributed by atoms with Crippen molar-refractivity contribution in [3.63, 3.8) is 0 Å². The number of allylic oxidation sites excluding steroid dienone is 1. The molecular weight excluding hydrogens is 347 g/mol. The number of carbonyl (C=O) groups is 2. The van der Waals surface area contributed by atoms with Crippen LogP contribution in [-0.2, 0) is 14.3 Å². The molecular formula is C19H12Cl2O3. The number of ether oxygens (including phenoxy) is 1. The molecule has 0 N–H and O–H groups in total. The maximum absolute atomic E-state index is 12.2. The molecule has 0 atom stereocenters. The van der Waals surface area contributed by atoms with Gasteiger partial charge < -0.3 is 4.74 Å². The van der Waals surface area contributed by atoms with Gasteiger partial charge in [0.25, 0.3) is 0 Å². The molecule has 5 heteroatoms. The predicted octanol–water partition coefficient (Wildman–Crippen LogP) is 4.93. The van der Waals surface area contributed by atoms with Crippen LogP contribution in [0.2, 0.25) is 10.0 Å². The second-order valence-electron chi connectivity index (χ2n) is 5.24. The van der Waals surface area contributed by atoms with E-state index in [4.69, 9.17) is 27.9 Å². The minimum Gasteiger partial charge on any atom is -0.386 e. The third-order valence-corrected chi connectivity index (χ3v) is 4.41. The molecule has 1 aliphatic heterocycles. The molecule has 0 saturated carbocycles. The Kier molecular flexibility index (Phi) is 4.56.